The molecule has 16 heavy (non-hydrogen) atoms. The van der Waals surface area contributed by atoms with Crippen LogP contribution in [0, 0.1) is 0 Å². The summed E-state index contributed by atoms with van der Waals surface area (Å²) in [7, 11) is 0. The summed E-state index contributed by atoms with van der Waals surface area (Å²) < 4.78 is 5.00. The van der Waals surface area contributed by atoms with E-state index in [9.17, 15) is 9.59 Å². The van der Waals surface area contributed by atoms with E-state index in [2.05, 4.69) is 5.32 Å². The highest BCUT2D eigenvalue weighted by molar-refractivity contribution is 5.76. The molecule has 0 atom stereocenters. The van der Waals surface area contributed by atoms with Gasteiger partial charge in [0.25, 0.3) is 0 Å². The summed E-state index contributed by atoms with van der Waals surface area (Å²) in [6, 6.07) is 0. The largest absolute Gasteiger partial charge is 0.481 e. The summed E-state index contributed by atoms with van der Waals surface area (Å²) in [4.78, 5) is 21.3. The molecule has 0 aliphatic rings. The van der Waals surface area contributed by atoms with Gasteiger partial charge in [0.05, 0.1) is 13.2 Å². The number of ether oxygens (including phenoxy) is 1. The summed E-state index contributed by atoms with van der Waals surface area (Å²) in [5, 5.41) is 19.4. The van der Waals surface area contributed by atoms with Crippen molar-refractivity contribution in [2.45, 2.75) is 25.7 Å². The van der Waals surface area contributed by atoms with Crippen molar-refractivity contribution in [3.05, 3.63) is 0 Å². The van der Waals surface area contributed by atoms with Crippen molar-refractivity contribution < 1.29 is 24.5 Å². The van der Waals surface area contributed by atoms with Crippen LogP contribution < -0.4 is 5.32 Å². The number of carboxylic acids is 1. The zero-order valence-corrected chi connectivity index (χ0v) is 9.28. The zero-order valence-electron chi connectivity index (χ0n) is 9.28. The van der Waals surface area contributed by atoms with Crippen LogP contribution in [0.1, 0.15) is 25.7 Å². The molecule has 0 rings (SSSR count). The van der Waals surface area contributed by atoms with Gasteiger partial charge in [0.1, 0.15) is 0 Å². The second-order valence-electron chi connectivity index (χ2n) is 3.29. The first-order chi connectivity index (χ1) is 7.66. The average molecular weight is 233 g/mol. The molecule has 1 amide bonds. The van der Waals surface area contributed by atoms with E-state index >= 15 is 0 Å². The van der Waals surface area contributed by atoms with Gasteiger partial charge in [-0.1, -0.05) is 0 Å². The Morgan fingerprint density at radius 1 is 1.12 bits per heavy atom. The second kappa shape index (κ2) is 10.4. The third kappa shape index (κ3) is 10.9. The van der Waals surface area contributed by atoms with Crippen LogP contribution in [0.4, 0.5) is 0 Å². The van der Waals surface area contributed by atoms with E-state index < -0.39 is 5.97 Å². The van der Waals surface area contributed by atoms with E-state index in [4.69, 9.17) is 14.9 Å². The maximum atomic E-state index is 11.1. The number of amides is 1. The van der Waals surface area contributed by atoms with Crippen molar-refractivity contribution in [1.82, 2.24) is 5.32 Å². The Hall–Kier alpha value is -1.14. The van der Waals surface area contributed by atoms with E-state index in [0.717, 1.165) is 0 Å². The van der Waals surface area contributed by atoms with Crippen molar-refractivity contribution in [1.29, 1.82) is 0 Å². The molecule has 0 aliphatic heterocycles. The highest BCUT2D eigenvalue weighted by atomic mass is 16.5. The minimum Gasteiger partial charge on any atom is -0.481 e. The fourth-order valence-electron chi connectivity index (χ4n) is 1.06. The van der Waals surface area contributed by atoms with Gasteiger partial charge in [-0.25, -0.2) is 0 Å². The highest BCUT2D eigenvalue weighted by Gasteiger charge is 2.02. The summed E-state index contributed by atoms with van der Waals surface area (Å²) in [5.74, 6) is -1.02. The van der Waals surface area contributed by atoms with Crippen molar-refractivity contribution in [3.8, 4) is 0 Å². The molecule has 0 aromatic carbocycles. The van der Waals surface area contributed by atoms with Crippen molar-refractivity contribution >= 4 is 11.9 Å². The lowest BCUT2D eigenvalue weighted by Crippen LogP contribution is -2.25. The Labute approximate surface area is 94.6 Å². The Kier molecular flexibility index (Phi) is 9.64. The van der Waals surface area contributed by atoms with E-state index in [0.29, 0.717) is 32.6 Å². The number of aliphatic carboxylic acids is 1. The SMILES string of the molecule is O=C(O)CCCC(=O)NCCCOCCO. The van der Waals surface area contributed by atoms with Crippen molar-refractivity contribution in [2.75, 3.05) is 26.4 Å². The fourth-order valence-corrected chi connectivity index (χ4v) is 1.06. The van der Waals surface area contributed by atoms with E-state index in [1.165, 1.54) is 0 Å². The minimum absolute atomic E-state index is 0.00154. The fraction of sp³-hybridized carbons (Fsp3) is 0.800. The predicted molar refractivity (Wildman–Crippen MR) is 57.0 cm³/mol. The van der Waals surface area contributed by atoms with Crippen LogP contribution in [-0.4, -0.2) is 48.5 Å². The molecule has 0 saturated heterocycles. The van der Waals surface area contributed by atoms with Crippen LogP contribution in [-0.2, 0) is 14.3 Å². The number of rotatable bonds is 10. The van der Waals surface area contributed by atoms with Gasteiger partial charge < -0.3 is 20.3 Å². The molecule has 0 saturated carbocycles. The maximum Gasteiger partial charge on any atom is 0.303 e. The summed E-state index contributed by atoms with van der Waals surface area (Å²) in [6.07, 6.45) is 1.31. The van der Waals surface area contributed by atoms with Crippen LogP contribution >= 0.6 is 0 Å². The number of hydrogen-bond donors (Lipinski definition) is 3. The second-order valence-corrected chi connectivity index (χ2v) is 3.29. The Morgan fingerprint density at radius 3 is 2.50 bits per heavy atom. The normalized spacial score (nSPS) is 10.1. The predicted octanol–water partition coefficient (Wildman–Crippen LogP) is -0.244. The number of carboxylic acid groups (broad SMARTS) is 1. The lowest BCUT2D eigenvalue weighted by molar-refractivity contribution is -0.137. The first-order valence-corrected chi connectivity index (χ1v) is 5.34. The van der Waals surface area contributed by atoms with Crippen LogP contribution in [0.2, 0.25) is 0 Å². The standard InChI is InChI=1S/C10H19NO5/c12-6-8-16-7-2-5-11-9(13)3-1-4-10(14)15/h12H,1-8H2,(H,11,13)(H,14,15). The molecular weight excluding hydrogens is 214 g/mol. The van der Waals surface area contributed by atoms with Crippen molar-refractivity contribution in [2.24, 2.45) is 0 Å². The number of hydrogen-bond acceptors (Lipinski definition) is 4. The van der Waals surface area contributed by atoms with Gasteiger partial charge in [-0.3, -0.25) is 9.59 Å². The number of carbonyl (C=O) groups is 2. The number of carbonyl (C=O) groups excluding carboxylic acids is 1. The van der Waals surface area contributed by atoms with Gasteiger partial charge >= 0.3 is 5.97 Å². The summed E-state index contributed by atoms with van der Waals surface area (Å²) >= 11 is 0. The molecule has 0 bridgehead atoms. The van der Waals surface area contributed by atoms with Crippen molar-refractivity contribution in [3.63, 3.8) is 0 Å². The van der Waals surface area contributed by atoms with Crippen LogP contribution in [0.3, 0.4) is 0 Å². The van der Waals surface area contributed by atoms with E-state index in [1.807, 2.05) is 0 Å². The third-order valence-electron chi connectivity index (χ3n) is 1.82. The highest BCUT2D eigenvalue weighted by Crippen LogP contribution is 1.94. The molecule has 0 heterocycles. The van der Waals surface area contributed by atoms with E-state index in [-0.39, 0.29) is 25.4 Å². The molecule has 0 unspecified atom stereocenters. The van der Waals surface area contributed by atoms with Gasteiger partial charge in [0.2, 0.25) is 5.91 Å². The molecule has 0 aromatic heterocycles. The third-order valence-corrected chi connectivity index (χ3v) is 1.82. The topological polar surface area (TPSA) is 95.9 Å². The maximum absolute atomic E-state index is 11.1. The molecule has 0 aliphatic carbocycles. The molecular formula is C10H19NO5. The first-order valence-electron chi connectivity index (χ1n) is 5.34. The van der Waals surface area contributed by atoms with Gasteiger partial charge in [0, 0.05) is 26.0 Å². The number of aliphatic hydroxyl groups excluding tert-OH is 1. The summed E-state index contributed by atoms with van der Waals surface area (Å²) in [6.45, 7) is 1.32. The molecule has 0 radical (unpaired) electrons. The number of aliphatic hydroxyl groups is 1. The average Bonchev–Trinajstić information content (AvgIpc) is 2.22. The number of nitrogens with one attached hydrogen (secondary N) is 1. The Morgan fingerprint density at radius 2 is 1.88 bits per heavy atom. The van der Waals surface area contributed by atoms with Gasteiger partial charge in [-0.2, -0.15) is 0 Å². The monoisotopic (exact) mass is 233 g/mol. The molecule has 94 valence electrons. The van der Waals surface area contributed by atoms with Crippen LogP contribution in [0.15, 0.2) is 0 Å². The Bertz CT molecular complexity index is 207. The first kappa shape index (κ1) is 14.9. The van der Waals surface area contributed by atoms with Crippen LogP contribution in [0.5, 0.6) is 0 Å². The molecule has 6 nitrogen and oxygen atoms in total. The smallest absolute Gasteiger partial charge is 0.303 e. The molecule has 3 N–H and O–H groups in total. The quantitative estimate of drug-likeness (QED) is 0.452. The lowest BCUT2D eigenvalue weighted by Gasteiger charge is -2.04. The van der Waals surface area contributed by atoms with E-state index in [1.54, 1.807) is 0 Å². The zero-order chi connectivity index (χ0) is 12.2. The summed E-state index contributed by atoms with van der Waals surface area (Å²) in [5.41, 5.74) is 0. The molecule has 0 aromatic rings. The molecule has 0 fully saturated rings. The Balaban J connectivity index is 3.20. The van der Waals surface area contributed by atoms with Gasteiger partial charge in [0.15, 0.2) is 0 Å². The molecule has 0 spiro atoms. The molecule has 6 heteroatoms. The minimum atomic E-state index is -0.884. The lowest BCUT2D eigenvalue weighted by atomic mass is 10.2. The van der Waals surface area contributed by atoms with Gasteiger partial charge in [-0.05, 0) is 12.8 Å². The van der Waals surface area contributed by atoms with Crippen LogP contribution in [0.25, 0.3) is 0 Å². The van der Waals surface area contributed by atoms with Gasteiger partial charge in [-0.15, -0.1) is 0 Å².